The molecule has 0 bridgehead atoms. The van der Waals surface area contributed by atoms with Crippen LogP contribution >= 0.6 is 0 Å². The maximum absolute atomic E-state index is 13.2. The highest BCUT2D eigenvalue weighted by Crippen LogP contribution is 2.36. The summed E-state index contributed by atoms with van der Waals surface area (Å²) >= 11 is 0. The molecule has 0 saturated heterocycles. The lowest BCUT2D eigenvalue weighted by Crippen LogP contribution is -2.23. The first-order chi connectivity index (χ1) is 15.2. The van der Waals surface area contributed by atoms with Gasteiger partial charge < -0.3 is 0 Å². The Morgan fingerprint density at radius 2 is 1.29 bits per heavy atom. The Balaban J connectivity index is 1.33. The second-order valence-electron chi connectivity index (χ2n) is 9.67. The van der Waals surface area contributed by atoms with E-state index in [9.17, 15) is 9.59 Å². The van der Waals surface area contributed by atoms with Crippen LogP contribution in [0.5, 0.6) is 0 Å². The van der Waals surface area contributed by atoms with Crippen molar-refractivity contribution in [1.82, 2.24) is 0 Å². The third-order valence-corrected chi connectivity index (χ3v) is 7.54. The van der Waals surface area contributed by atoms with Crippen molar-refractivity contribution >= 4 is 11.6 Å². The van der Waals surface area contributed by atoms with Crippen molar-refractivity contribution < 1.29 is 9.59 Å². The van der Waals surface area contributed by atoms with Crippen LogP contribution in [0.25, 0.3) is 0 Å². The monoisotopic (exact) mass is 416 g/mol. The largest absolute Gasteiger partial charge is 0.289 e. The number of aryl methyl sites for hydroxylation is 1. The number of rotatable bonds is 9. The molecular weight excluding hydrogens is 380 g/mol. The molecule has 2 nitrogen and oxygen atoms in total. The van der Waals surface area contributed by atoms with Gasteiger partial charge in [-0.2, -0.15) is 0 Å². The number of hydrogen-bond donors (Lipinski definition) is 0. The van der Waals surface area contributed by atoms with Gasteiger partial charge in [-0.25, -0.2) is 0 Å². The topological polar surface area (TPSA) is 34.1 Å². The van der Waals surface area contributed by atoms with Crippen LogP contribution in [0.4, 0.5) is 0 Å². The molecule has 0 radical (unpaired) electrons. The van der Waals surface area contributed by atoms with Gasteiger partial charge in [0.1, 0.15) is 0 Å². The summed E-state index contributed by atoms with van der Waals surface area (Å²) in [6, 6.07) is 13.1. The second kappa shape index (κ2) is 10.4. The number of hydrogen-bond acceptors (Lipinski definition) is 2. The van der Waals surface area contributed by atoms with Gasteiger partial charge in [-0.3, -0.25) is 9.59 Å². The van der Waals surface area contributed by atoms with Gasteiger partial charge in [0.2, 0.25) is 0 Å². The molecule has 2 aliphatic rings. The molecule has 2 aromatic rings. The minimum atomic E-state index is -0.00788. The van der Waals surface area contributed by atoms with Gasteiger partial charge in [0, 0.05) is 22.3 Å². The summed E-state index contributed by atoms with van der Waals surface area (Å²) in [5.74, 6) is 1.70. The quantitative estimate of drug-likeness (QED) is 0.337. The van der Waals surface area contributed by atoms with E-state index >= 15 is 0 Å². The zero-order valence-corrected chi connectivity index (χ0v) is 19.0. The second-order valence-corrected chi connectivity index (χ2v) is 9.67. The van der Waals surface area contributed by atoms with Crippen LogP contribution in [0, 0.1) is 11.8 Å². The first-order valence-corrected chi connectivity index (χ1v) is 12.5. The van der Waals surface area contributed by atoms with E-state index in [1.807, 2.05) is 24.3 Å². The van der Waals surface area contributed by atoms with Crippen LogP contribution in [0.1, 0.15) is 115 Å². The Bertz CT molecular complexity index is 918. The molecule has 0 spiro atoms. The fourth-order valence-electron chi connectivity index (χ4n) is 5.63. The lowest BCUT2D eigenvalue weighted by atomic mass is 9.76. The molecule has 1 fully saturated rings. The standard InChI is InChI=1S/C29H36O2/c1-2-3-4-5-6-10-21-15-17-22(18-16-21)19-20-23-11-9-14-26-27(23)29(31)25-13-8-7-12-24(25)28(26)30/h7-9,11-14,21-22H,2-6,10,15-20H2,1H3. The van der Waals surface area contributed by atoms with E-state index in [-0.39, 0.29) is 11.6 Å². The molecule has 0 aromatic heterocycles. The highest BCUT2D eigenvalue weighted by atomic mass is 16.1. The zero-order valence-electron chi connectivity index (χ0n) is 19.0. The fraction of sp³-hybridized carbons (Fsp3) is 0.517. The van der Waals surface area contributed by atoms with E-state index in [4.69, 9.17) is 0 Å². The minimum Gasteiger partial charge on any atom is -0.289 e. The van der Waals surface area contributed by atoms with Crippen molar-refractivity contribution in [3.8, 4) is 0 Å². The predicted octanol–water partition coefficient (Wildman–Crippen LogP) is 7.56. The normalized spacial score (nSPS) is 20.4. The van der Waals surface area contributed by atoms with Gasteiger partial charge >= 0.3 is 0 Å². The van der Waals surface area contributed by atoms with Gasteiger partial charge in [-0.05, 0) is 30.2 Å². The Morgan fingerprint density at radius 1 is 0.677 bits per heavy atom. The number of ketones is 2. The first kappa shape index (κ1) is 22.0. The molecule has 2 aromatic carbocycles. The molecule has 2 heteroatoms. The number of carbonyl (C=O) groups is 2. The van der Waals surface area contributed by atoms with E-state index in [0.717, 1.165) is 30.2 Å². The van der Waals surface area contributed by atoms with Crippen LogP contribution < -0.4 is 0 Å². The summed E-state index contributed by atoms with van der Waals surface area (Å²) in [7, 11) is 0. The average molecular weight is 417 g/mol. The summed E-state index contributed by atoms with van der Waals surface area (Å²) in [4.78, 5) is 26.1. The maximum atomic E-state index is 13.2. The van der Waals surface area contributed by atoms with Gasteiger partial charge in [0.05, 0.1) is 0 Å². The van der Waals surface area contributed by atoms with Crippen molar-refractivity contribution in [2.45, 2.75) is 84.0 Å². The van der Waals surface area contributed by atoms with Gasteiger partial charge in [0.25, 0.3) is 0 Å². The summed E-state index contributed by atoms with van der Waals surface area (Å²) in [6.45, 7) is 2.28. The van der Waals surface area contributed by atoms with Crippen LogP contribution in [-0.2, 0) is 6.42 Å². The molecule has 1 saturated carbocycles. The number of benzene rings is 2. The van der Waals surface area contributed by atoms with Gasteiger partial charge in [0.15, 0.2) is 11.6 Å². The molecule has 0 atom stereocenters. The van der Waals surface area contributed by atoms with Crippen molar-refractivity contribution in [2.75, 3.05) is 0 Å². The third kappa shape index (κ3) is 5.00. The molecule has 0 aliphatic heterocycles. The van der Waals surface area contributed by atoms with Crippen LogP contribution in [-0.4, -0.2) is 11.6 Å². The summed E-state index contributed by atoms with van der Waals surface area (Å²) < 4.78 is 0. The Morgan fingerprint density at radius 3 is 2.00 bits per heavy atom. The van der Waals surface area contributed by atoms with E-state index < -0.39 is 0 Å². The Labute approximate surface area is 187 Å². The third-order valence-electron chi connectivity index (χ3n) is 7.54. The van der Waals surface area contributed by atoms with Crippen molar-refractivity contribution in [3.05, 3.63) is 70.3 Å². The molecule has 4 rings (SSSR count). The smallest absolute Gasteiger partial charge is 0.194 e. The van der Waals surface area contributed by atoms with E-state index in [0.29, 0.717) is 22.3 Å². The first-order valence-electron chi connectivity index (χ1n) is 12.5. The summed E-state index contributed by atoms with van der Waals surface area (Å²) in [5, 5.41) is 0. The molecule has 0 unspecified atom stereocenters. The fourth-order valence-corrected chi connectivity index (χ4v) is 5.63. The predicted molar refractivity (Wildman–Crippen MR) is 127 cm³/mol. The van der Waals surface area contributed by atoms with Crippen molar-refractivity contribution in [3.63, 3.8) is 0 Å². The summed E-state index contributed by atoms with van der Waals surface area (Å²) in [6.07, 6.45) is 15.8. The molecule has 0 N–H and O–H groups in total. The molecule has 31 heavy (non-hydrogen) atoms. The van der Waals surface area contributed by atoms with E-state index in [2.05, 4.69) is 13.0 Å². The molecule has 0 heterocycles. The molecular formula is C29H36O2. The van der Waals surface area contributed by atoms with Crippen LogP contribution in [0.3, 0.4) is 0 Å². The SMILES string of the molecule is CCCCCCCC1CCC(CCc2cccc3c2C(=O)c2ccccc2C3=O)CC1. The Kier molecular flexibility index (Phi) is 7.37. The van der Waals surface area contributed by atoms with Gasteiger partial charge in [-0.15, -0.1) is 0 Å². The average Bonchev–Trinajstić information content (AvgIpc) is 2.81. The van der Waals surface area contributed by atoms with Crippen LogP contribution in [0.2, 0.25) is 0 Å². The van der Waals surface area contributed by atoms with Crippen molar-refractivity contribution in [1.29, 1.82) is 0 Å². The molecule has 164 valence electrons. The lowest BCUT2D eigenvalue weighted by molar-refractivity contribution is 0.0978. The number of unbranched alkanes of at least 4 members (excludes halogenated alkanes) is 4. The number of carbonyl (C=O) groups excluding carboxylic acids is 2. The molecule has 0 amide bonds. The number of fused-ring (bicyclic) bond motifs is 2. The zero-order chi connectivity index (χ0) is 21.6. The van der Waals surface area contributed by atoms with Gasteiger partial charge in [-0.1, -0.05) is 114 Å². The lowest BCUT2D eigenvalue weighted by Gasteiger charge is -2.29. The minimum absolute atomic E-state index is 0.00788. The highest BCUT2D eigenvalue weighted by Gasteiger charge is 2.31. The summed E-state index contributed by atoms with van der Waals surface area (Å²) in [5.41, 5.74) is 3.42. The highest BCUT2D eigenvalue weighted by molar-refractivity contribution is 6.28. The Hall–Kier alpha value is -2.22. The molecule has 2 aliphatic carbocycles. The maximum Gasteiger partial charge on any atom is 0.194 e. The van der Waals surface area contributed by atoms with E-state index in [1.54, 1.807) is 12.1 Å². The van der Waals surface area contributed by atoms with Crippen molar-refractivity contribution in [2.24, 2.45) is 11.8 Å². The van der Waals surface area contributed by atoms with E-state index in [1.165, 1.54) is 64.2 Å². The van der Waals surface area contributed by atoms with Crippen LogP contribution in [0.15, 0.2) is 42.5 Å².